The number of hydrogen-bond acceptors (Lipinski definition) is 3. The van der Waals surface area contributed by atoms with E-state index in [9.17, 15) is 4.79 Å². The fraction of sp³-hybridized carbons (Fsp3) is 0.130. The molecule has 4 rings (SSSR count). The number of para-hydroxylation sites is 1. The Bertz CT molecular complexity index is 1090. The van der Waals surface area contributed by atoms with Crippen molar-refractivity contribution in [3.63, 3.8) is 0 Å². The molecule has 0 aliphatic carbocycles. The molecule has 2 aromatic heterocycles. The van der Waals surface area contributed by atoms with Crippen molar-refractivity contribution in [1.82, 2.24) is 14.9 Å². The first kappa shape index (κ1) is 17.8. The highest BCUT2D eigenvalue weighted by molar-refractivity contribution is 6.07. The second-order valence-electron chi connectivity index (χ2n) is 6.56. The van der Waals surface area contributed by atoms with E-state index in [-0.39, 0.29) is 5.91 Å². The van der Waals surface area contributed by atoms with E-state index >= 15 is 0 Å². The Labute approximate surface area is 163 Å². The third-order valence-electron chi connectivity index (χ3n) is 4.69. The van der Waals surface area contributed by atoms with E-state index < -0.39 is 0 Å². The number of hydrogen-bond donors (Lipinski definition) is 1. The van der Waals surface area contributed by atoms with Crippen LogP contribution in [0.3, 0.4) is 0 Å². The first-order valence-corrected chi connectivity index (χ1v) is 9.13. The van der Waals surface area contributed by atoms with Gasteiger partial charge in [0.1, 0.15) is 0 Å². The standard InChI is InChI=1S/C23H21N3O2/c1-28-22-12-11-18(13-24-22)14-25-23(27)20-16-26(15-17-7-3-2-4-8-17)21-10-6-5-9-19(20)21/h2-13,16H,14-15H2,1H3,(H,25,27). The highest BCUT2D eigenvalue weighted by atomic mass is 16.5. The molecular weight excluding hydrogens is 350 g/mol. The molecule has 5 nitrogen and oxygen atoms in total. The topological polar surface area (TPSA) is 56.1 Å². The summed E-state index contributed by atoms with van der Waals surface area (Å²) in [5.74, 6) is 0.456. The van der Waals surface area contributed by atoms with Crippen molar-refractivity contribution in [1.29, 1.82) is 0 Å². The minimum atomic E-state index is -0.0983. The van der Waals surface area contributed by atoms with Gasteiger partial charge in [-0.2, -0.15) is 0 Å². The Morgan fingerprint density at radius 2 is 1.79 bits per heavy atom. The van der Waals surface area contributed by atoms with Gasteiger partial charge >= 0.3 is 0 Å². The summed E-state index contributed by atoms with van der Waals surface area (Å²) >= 11 is 0. The molecule has 0 bridgehead atoms. The van der Waals surface area contributed by atoms with Crippen LogP contribution in [-0.4, -0.2) is 22.6 Å². The molecule has 28 heavy (non-hydrogen) atoms. The molecule has 0 fully saturated rings. The van der Waals surface area contributed by atoms with Gasteiger partial charge < -0.3 is 14.6 Å². The molecule has 5 heteroatoms. The summed E-state index contributed by atoms with van der Waals surface area (Å²) in [6.07, 6.45) is 3.64. The maximum atomic E-state index is 12.9. The van der Waals surface area contributed by atoms with Gasteiger partial charge in [-0.05, 0) is 17.2 Å². The van der Waals surface area contributed by atoms with E-state index in [4.69, 9.17) is 4.74 Å². The predicted molar refractivity (Wildman–Crippen MR) is 109 cm³/mol. The van der Waals surface area contributed by atoms with E-state index in [1.807, 2.05) is 54.7 Å². The second kappa shape index (κ2) is 7.96. The molecule has 2 aromatic carbocycles. The largest absolute Gasteiger partial charge is 0.481 e. The van der Waals surface area contributed by atoms with Crippen LogP contribution in [0, 0.1) is 0 Å². The normalized spacial score (nSPS) is 10.8. The maximum Gasteiger partial charge on any atom is 0.253 e. The number of pyridine rings is 1. The molecule has 2 heterocycles. The summed E-state index contributed by atoms with van der Waals surface area (Å²) < 4.78 is 7.18. The van der Waals surface area contributed by atoms with Gasteiger partial charge in [-0.3, -0.25) is 4.79 Å². The minimum Gasteiger partial charge on any atom is -0.481 e. The summed E-state index contributed by atoms with van der Waals surface area (Å²) in [5, 5.41) is 3.94. The van der Waals surface area contributed by atoms with Crippen molar-refractivity contribution >= 4 is 16.8 Å². The fourth-order valence-corrected chi connectivity index (χ4v) is 3.25. The highest BCUT2D eigenvalue weighted by Crippen LogP contribution is 2.22. The smallest absolute Gasteiger partial charge is 0.253 e. The number of amides is 1. The van der Waals surface area contributed by atoms with Crippen LogP contribution in [-0.2, 0) is 13.1 Å². The molecule has 140 valence electrons. The molecule has 0 spiro atoms. The van der Waals surface area contributed by atoms with Gasteiger partial charge in [0, 0.05) is 42.5 Å². The molecule has 0 atom stereocenters. The van der Waals surface area contributed by atoms with Gasteiger partial charge in [0.25, 0.3) is 5.91 Å². The van der Waals surface area contributed by atoms with Gasteiger partial charge in [-0.15, -0.1) is 0 Å². The van der Waals surface area contributed by atoms with E-state index in [1.165, 1.54) is 5.56 Å². The Balaban J connectivity index is 1.56. The molecular formula is C23H21N3O2. The monoisotopic (exact) mass is 371 g/mol. The van der Waals surface area contributed by atoms with Crippen molar-refractivity contribution in [3.05, 3.63) is 95.8 Å². The Morgan fingerprint density at radius 1 is 1.00 bits per heavy atom. The molecule has 4 aromatic rings. The molecule has 0 saturated carbocycles. The molecule has 0 radical (unpaired) electrons. The van der Waals surface area contributed by atoms with Crippen LogP contribution in [0.25, 0.3) is 10.9 Å². The Morgan fingerprint density at radius 3 is 2.54 bits per heavy atom. The molecule has 0 saturated heterocycles. The number of carbonyl (C=O) groups is 1. The number of aromatic nitrogens is 2. The molecule has 0 unspecified atom stereocenters. The number of methoxy groups -OCH3 is 1. The number of nitrogens with zero attached hydrogens (tertiary/aromatic N) is 2. The van der Waals surface area contributed by atoms with Crippen LogP contribution < -0.4 is 10.1 Å². The number of carbonyl (C=O) groups excluding carboxylic acids is 1. The van der Waals surface area contributed by atoms with E-state index in [2.05, 4.69) is 27.0 Å². The average molecular weight is 371 g/mol. The quantitative estimate of drug-likeness (QED) is 0.557. The number of nitrogens with one attached hydrogen (secondary N) is 1. The van der Waals surface area contributed by atoms with Gasteiger partial charge in [0.15, 0.2) is 0 Å². The van der Waals surface area contributed by atoms with Gasteiger partial charge in [0.2, 0.25) is 5.88 Å². The Kier molecular flexibility index (Phi) is 5.06. The fourth-order valence-electron chi connectivity index (χ4n) is 3.25. The minimum absolute atomic E-state index is 0.0983. The summed E-state index contributed by atoms with van der Waals surface area (Å²) in [5.41, 5.74) is 3.83. The third-order valence-corrected chi connectivity index (χ3v) is 4.69. The maximum absolute atomic E-state index is 12.9. The second-order valence-corrected chi connectivity index (χ2v) is 6.56. The number of benzene rings is 2. The molecule has 0 aliphatic rings. The lowest BCUT2D eigenvalue weighted by Crippen LogP contribution is -2.22. The lowest BCUT2D eigenvalue weighted by atomic mass is 10.1. The first-order chi connectivity index (χ1) is 13.7. The van der Waals surface area contributed by atoms with Gasteiger partial charge in [-0.1, -0.05) is 54.6 Å². The van der Waals surface area contributed by atoms with Crippen molar-refractivity contribution in [3.8, 4) is 5.88 Å². The first-order valence-electron chi connectivity index (χ1n) is 9.13. The van der Waals surface area contributed by atoms with Crippen molar-refractivity contribution in [2.45, 2.75) is 13.1 Å². The van der Waals surface area contributed by atoms with Crippen LogP contribution in [0.2, 0.25) is 0 Å². The zero-order chi connectivity index (χ0) is 19.3. The van der Waals surface area contributed by atoms with Crippen LogP contribution in [0.1, 0.15) is 21.5 Å². The highest BCUT2D eigenvalue weighted by Gasteiger charge is 2.15. The number of fused-ring (bicyclic) bond motifs is 1. The molecule has 1 amide bonds. The predicted octanol–water partition coefficient (Wildman–Crippen LogP) is 4.02. The van der Waals surface area contributed by atoms with Gasteiger partial charge in [0.05, 0.1) is 12.7 Å². The van der Waals surface area contributed by atoms with Crippen molar-refractivity contribution in [2.75, 3.05) is 7.11 Å². The lowest BCUT2D eigenvalue weighted by molar-refractivity contribution is 0.0952. The van der Waals surface area contributed by atoms with E-state index in [1.54, 1.807) is 19.4 Å². The zero-order valence-electron chi connectivity index (χ0n) is 15.6. The molecule has 0 aliphatic heterocycles. The summed E-state index contributed by atoms with van der Waals surface area (Å²) in [6.45, 7) is 1.13. The number of rotatable bonds is 6. The molecule has 1 N–H and O–H groups in total. The van der Waals surface area contributed by atoms with Crippen molar-refractivity contribution in [2.24, 2.45) is 0 Å². The summed E-state index contributed by atoms with van der Waals surface area (Å²) in [7, 11) is 1.58. The Hall–Kier alpha value is -3.60. The average Bonchev–Trinajstić information content (AvgIpc) is 3.12. The van der Waals surface area contributed by atoms with Gasteiger partial charge in [-0.25, -0.2) is 4.98 Å². The summed E-state index contributed by atoms with van der Waals surface area (Å²) in [6, 6.07) is 21.9. The summed E-state index contributed by atoms with van der Waals surface area (Å²) in [4.78, 5) is 17.0. The van der Waals surface area contributed by atoms with Crippen LogP contribution >= 0.6 is 0 Å². The van der Waals surface area contributed by atoms with Crippen LogP contribution in [0.15, 0.2) is 79.1 Å². The lowest BCUT2D eigenvalue weighted by Gasteiger charge is -2.05. The van der Waals surface area contributed by atoms with Crippen molar-refractivity contribution < 1.29 is 9.53 Å². The number of ether oxygens (including phenoxy) is 1. The zero-order valence-corrected chi connectivity index (χ0v) is 15.6. The van der Waals surface area contributed by atoms with E-state index in [0.29, 0.717) is 18.0 Å². The SMILES string of the molecule is COc1ccc(CNC(=O)c2cn(Cc3ccccc3)c3ccccc23)cn1. The van der Waals surface area contributed by atoms with E-state index in [0.717, 1.165) is 23.0 Å². The van der Waals surface area contributed by atoms with Crippen LogP contribution in [0.5, 0.6) is 5.88 Å². The van der Waals surface area contributed by atoms with Crippen LogP contribution in [0.4, 0.5) is 0 Å². The third kappa shape index (κ3) is 3.74.